The van der Waals surface area contributed by atoms with E-state index >= 15 is 0 Å². The van der Waals surface area contributed by atoms with Gasteiger partial charge in [0.1, 0.15) is 5.56 Å². The lowest BCUT2D eigenvalue weighted by Gasteiger charge is -2.14. The van der Waals surface area contributed by atoms with E-state index in [9.17, 15) is 0 Å². The first kappa shape index (κ1) is 15.2. The Hall–Kier alpha value is -2.32. The van der Waals surface area contributed by atoms with E-state index in [0.717, 1.165) is 11.5 Å². The minimum Gasteiger partial charge on any atom is -0.254 e. The third kappa shape index (κ3) is 2.78. The summed E-state index contributed by atoms with van der Waals surface area (Å²) in [6.45, 7) is 2.72. The van der Waals surface area contributed by atoms with E-state index in [0.29, 0.717) is 6.61 Å². The number of carbonyl (C=O) groups excluding carboxylic acids is 1. The number of hydrogen-bond acceptors (Lipinski definition) is 1. The molecular formula is C22H19OS+. The molecule has 0 saturated heterocycles. The summed E-state index contributed by atoms with van der Waals surface area (Å²) < 4.78 is 5.94. The SMILES string of the molecule is CC[O+]=C1C=Cc2cccc3ccc(SCc4ccccc4)c1c23. The lowest BCUT2D eigenvalue weighted by molar-refractivity contribution is -0.261. The average Bonchev–Trinajstić information content (AvgIpc) is 2.64. The molecule has 0 aromatic heterocycles. The largest absolute Gasteiger partial charge is 0.352 e. The van der Waals surface area contributed by atoms with Gasteiger partial charge in [-0.2, -0.15) is 0 Å². The van der Waals surface area contributed by atoms with Crippen LogP contribution in [0.3, 0.4) is 0 Å². The Kier molecular flexibility index (Phi) is 4.22. The summed E-state index contributed by atoms with van der Waals surface area (Å²) in [5, 5.41) is 2.58. The van der Waals surface area contributed by atoms with Crippen LogP contribution in [0.4, 0.5) is 0 Å². The topological polar surface area (TPSA) is 11.3 Å². The molecule has 0 bridgehead atoms. The van der Waals surface area contributed by atoms with Crippen molar-refractivity contribution in [3.8, 4) is 0 Å². The Balaban J connectivity index is 1.81. The van der Waals surface area contributed by atoms with Crippen molar-refractivity contribution in [2.75, 3.05) is 6.61 Å². The predicted molar refractivity (Wildman–Crippen MR) is 104 cm³/mol. The van der Waals surface area contributed by atoms with E-state index in [1.165, 1.54) is 32.4 Å². The molecule has 0 heterocycles. The zero-order valence-corrected chi connectivity index (χ0v) is 14.5. The number of rotatable bonds is 4. The summed E-state index contributed by atoms with van der Waals surface area (Å²) in [6.07, 6.45) is 4.26. The van der Waals surface area contributed by atoms with Gasteiger partial charge in [0.25, 0.3) is 6.61 Å². The van der Waals surface area contributed by atoms with Gasteiger partial charge < -0.3 is 0 Å². The highest BCUT2D eigenvalue weighted by Gasteiger charge is 2.24. The van der Waals surface area contributed by atoms with Crippen molar-refractivity contribution in [1.82, 2.24) is 0 Å². The van der Waals surface area contributed by atoms with E-state index in [4.69, 9.17) is 4.42 Å². The molecule has 0 fully saturated rings. The molecule has 118 valence electrons. The lowest BCUT2D eigenvalue weighted by Crippen LogP contribution is -2.06. The van der Waals surface area contributed by atoms with E-state index in [1.54, 1.807) is 0 Å². The van der Waals surface area contributed by atoms with Gasteiger partial charge >= 0.3 is 5.78 Å². The Morgan fingerprint density at radius 1 is 0.875 bits per heavy atom. The zero-order chi connectivity index (χ0) is 16.4. The number of hydrogen-bond donors (Lipinski definition) is 0. The highest BCUT2D eigenvalue weighted by molar-refractivity contribution is 7.98. The molecule has 1 nitrogen and oxygen atoms in total. The van der Waals surface area contributed by atoms with Crippen molar-refractivity contribution in [1.29, 1.82) is 0 Å². The quantitative estimate of drug-likeness (QED) is 0.428. The summed E-state index contributed by atoms with van der Waals surface area (Å²) in [5.41, 5.74) is 3.86. The number of benzene rings is 3. The Morgan fingerprint density at radius 3 is 2.58 bits per heavy atom. The van der Waals surface area contributed by atoms with Crippen LogP contribution in [0.5, 0.6) is 0 Å². The first-order valence-corrected chi connectivity index (χ1v) is 9.26. The van der Waals surface area contributed by atoms with E-state index in [1.807, 2.05) is 18.7 Å². The minimum absolute atomic E-state index is 0.682. The summed E-state index contributed by atoms with van der Waals surface area (Å²) in [6, 6.07) is 21.5. The smallest absolute Gasteiger partial charge is 0.254 e. The van der Waals surface area contributed by atoms with Crippen molar-refractivity contribution < 1.29 is 4.42 Å². The van der Waals surface area contributed by atoms with Crippen LogP contribution in [0.2, 0.25) is 0 Å². The van der Waals surface area contributed by atoms with Gasteiger partial charge in [-0.15, -0.1) is 11.8 Å². The standard InChI is InChI=1S/C22H19OS/c1-2-23-19-13-11-17-9-6-10-18-12-14-20(22(19)21(17)18)24-15-16-7-4-3-5-8-16/h3-14H,2,15H2,1H3/q+1. The molecule has 0 atom stereocenters. The van der Waals surface area contributed by atoms with E-state index in [2.05, 4.69) is 72.8 Å². The first-order valence-electron chi connectivity index (χ1n) is 8.27. The third-order valence-electron chi connectivity index (χ3n) is 4.24. The third-order valence-corrected chi connectivity index (χ3v) is 5.37. The lowest BCUT2D eigenvalue weighted by atomic mass is 9.92. The van der Waals surface area contributed by atoms with Gasteiger partial charge in [-0.1, -0.05) is 54.6 Å². The molecule has 1 aliphatic carbocycles. The Bertz CT molecular complexity index is 939. The van der Waals surface area contributed by atoms with E-state index in [-0.39, 0.29) is 0 Å². The van der Waals surface area contributed by atoms with Crippen LogP contribution in [0.1, 0.15) is 28.0 Å². The van der Waals surface area contributed by atoms with Crippen molar-refractivity contribution >= 4 is 34.4 Å². The average molecular weight is 331 g/mol. The van der Waals surface area contributed by atoms with Gasteiger partial charge in [0.15, 0.2) is 0 Å². The second-order valence-electron chi connectivity index (χ2n) is 5.79. The molecule has 3 aromatic carbocycles. The van der Waals surface area contributed by atoms with Crippen molar-refractivity contribution in [2.45, 2.75) is 17.6 Å². The predicted octanol–water partition coefficient (Wildman–Crippen LogP) is 5.90. The molecule has 0 amide bonds. The van der Waals surface area contributed by atoms with Crippen LogP contribution >= 0.6 is 11.8 Å². The highest BCUT2D eigenvalue weighted by atomic mass is 32.2. The molecule has 3 aromatic rings. The molecular weight excluding hydrogens is 312 g/mol. The summed E-state index contributed by atoms with van der Waals surface area (Å²) in [4.78, 5) is 1.28. The number of thioether (sulfide) groups is 1. The monoisotopic (exact) mass is 331 g/mol. The van der Waals surface area contributed by atoms with E-state index < -0.39 is 0 Å². The maximum absolute atomic E-state index is 5.94. The van der Waals surface area contributed by atoms with Crippen molar-refractivity contribution in [2.24, 2.45) is 0 Å². The molecule has 24 heavy (non-hydrogen) atoms. The highest BCUT2D eigenvalue weighted by Crippen LogP contribution is 2.36. The second-order valence-corrected chi connectivity index (χ2v) is 6.81. The molecule has 0 radical (unpaired) electrons. The summed E-state index contributed by atoms with van der Waals surface area (Å²) in [7, 11) is 0. The van der Waals surface area contributed by atoms with Crippen LogP contribution in [0.15, 0.2) is 71.6 Å². The van der Waals surface area contributed by atoms with Gasteiger partial charge in [-0.05, 0) is 28.7 Å². The number of ketones is 1. The van der Waals surface area contributed by atoms with Gasteiger partial charge in [0.2, 0.25) is 0 Å². The van der Waals surface area contributed by atoms with Crippen LogP contribution in [0.25, 0.3) is 16.8 Å². The summed E-state index contributed by atoms with van der Waals surface area (Å²) in [5.74, 6) is 1.95. The molecule has 0 spiro atoms. The van der Waals surface area contributed by atoms with Crippen LogP contribution < -0.4 is 0 Å². The molecule has 4 rings (SSSR count). The summed E-state index contributed by atoms with van der Waals surface area (Å²) >= 11 is 1.88. The zero-order valence-electron chi connectivity index (χ0n) is 13.7. The fraction of sp³-hybridized carbons (Fsp3) is 0.136. The van der Waals surface area contributed by atoms with Crippen molar-refractivity contribution in [3.05, 3.63) is 83.4 Å². The van der Waals surface area contributed by atoms with Crippen LogP contribution in [-0.2, 0) is 5.75 Å². The second kappa shape index (κ2) is 6.66. The Labute approximate surface area is 146 Å². The first-order chi connectivity index (χ1) is 11.9. The van der Waals surface area contributed by atoms with Crippen LogP contribution in [-0.4, -0.2) is 12.4 Å². The van der Waals surface area contributed by atoms with Crippen molar-refractivity contribution in [3.63, 3.8) is 0 Å². The molecule has 0 N–H and O–H groups in total. The molecule has 0 unspecified atom stereocenters. The fourth-order valence-corrected chi connectivity index (χ4v) is 4.18. The fourth-order valence-electron chi connectivity index (χ4n) is 3.15. The minimum atomic E-state index is 0.682. The normalized spacial score (nSPS) is 14.5. The van der Waals surface area contributed by atoms with Gasteiger partial charge in [0.05, 0.1) is 0 Å². The molecule has 0 aliphatic heterocycles. The van der Waals surface area contributed by atoms with Gasteiger partial charge in [0, 0.05) is 29.0 Å². The maximum Gasteiger partial charge on any atom is 0.352 e. The number of allylic oxidation sites excluding steroid dienone is 1. The molecule has 1 aliphatic rings. The molecule has 0 saturated carbocycles. The molecule has 2 heteroatoms. The Morgan fingerprint density at radius 2 is 1.75 bits per heavy atom. The maximum atomic E-state index is 5.94. The van der Waals surface area contributed by atoms with Gasteiger partial charge in [-0.3, -0.25) is 4.42 Å². The van der Waals surface area contributed by atoms with Crippen LogP contribution in [0, 0.1) is 0 Å². The van der Waals surface area contributed by atoms with Gasteiger partial charge in [-0.25, -0.2) is 0 Å².